The van der Waals surface area contributed by atoms with E-state index in [9.17, 15) is 19.3 Å². The zero-order chi connectivity index (χ0) is 24.8. The van der Waals surface area contributed by atoms with Crippen LogP contribution in [0.2, 0.25) is 0 Å². The standard InChI is InChI=1S/C25H21F2N5O2S/c1-33-9-10-34-19-6-4-18(5-7-19)22-20(11-28)23(32-15-25(26,27)16-32)31-24(21(22)12-29)35-14-17-3-2-8-30-13-17/h2-8,13H,9-10,14-16H2,1H3. The minimum absolute atomic E-state index is 0.0934. The van der Waals surface area contributed by atoms with Crippen molar-refractivity contribution in [1.29, 1.82) is 10.5 Å². The molecule has 7 nitrogen and oxygen atoms in total. The van der Waals surface area contributed by atoms with Crippen LogP contribution in [-0.4, -0.2) is 49.3 Å². The normalized spacial score (nSPS) is 14.0. The Morgan fingerprint density at radius 3 is 2.43 bits per heavy atom. The fourth-order valence-electron chi connectivity index (χ4n) is 3.64. The van der Waals surface area contributed by atoms with Crippen LogP contribution >= 0.6 is 11.8 Å². The second kappa shape index (κ2) is 10.7. The van der Waals surface area contributed by atoms with E-state index in [2.05, 4.69) is 22.1 Å². The molecule has 0 bridgehead atoms. The molecule has 3 aromatic rings. The first-order valence-corrected chi connectivity index (χ1v) is 11.7. The van der Waals surface area contributed by atoms with Crippen molar-refractivity contribution in [2.75, 3.05) is 38.3 Å². The summed E-state index contributed by atoms with van der Waals surface area (Å²) in [5.74, 6) is -1.61. The highest BCUT2D eigenvalue weighted by Crippen LogP contribution is 2.41. The Balaban J connectivity index is 1.77. The monoisotopic (exact) mass is 493 g/mol. The van der Waals surface area contributed by atoms with Gasteiger partial charge in [0.1, 0.15) is 40.9 Å². The van der Waals surface area contributed by atoms with Gasteiger partial charge in [-0.2, -0.15) is 10.5 Å². The summed E-state index contributed by atoms with van der Waals surface area (Å²) in [6, 6.07) is 14.9. The lowest BCUT2D eigenvalue weighted by Crippen LogP contribution is -2.57. The molecule has 0 N–H and O–H groups in total. The number of nitriles is 2. The summed E-state index contributed by atoms with van der Waals surface area (Å²) >= 11 is 1.30. The molecule has 3 heterocycles. The predicted octanol–water partition coefficient (Wildman–Crippen LogP) is 4.66. The van der Waals surface area contributed by atoms with Gasteiger partial charge in [-0.3, -0.25) is 4.98 Å². The average Bonchev–Trinajstić information content (AvgIpc) is 2.86. The third-order valence-electron chi connectivity index (χ3n) is 5.31. The summed E-state index contributed by atoms with van der Waals surface area (Å²) in [4.78, 5) is 9.99. The number of pyridine rings is 2. The maximum absolute atomic E-state index is 13.7. The van der Waals surface area contributed by atoms with Gasteiger partial charge in [0.15, 0.2) is 0 Å². The Hall–Kier alpha value is -3.73. The molecule has 4 rings (SSSR count). The molecule has 1 aliphatic rings. The van der Waals surface area contributed by atoms with Crippen LogP contribution in [0.1, 0.15) is 16.7 Å². The van der Waals surface area contributed by atoms with Crippen molar-refractivity contribution in [3.63, 3.8) is 0 Å². The molecule has 1 saturated heterocycles. The summed E-state index contributed by atoms with van der Waals surface area (Å²) < 4.78 is 37.9. The molecule has 0 saturated carbocycles. The number of aromatic nitrogens is 2. The van der Waals surface area contributed by atoms with E-state index in [0.29, 0.717) is 40.9 Å². The summed E-state index contributed by atoms with van der Waals surface area (Å²) in [5, 5.41) is 20.4. The first kappa shape index (κ1) is 24.4. The zero-order valence-electron chi connectivity index (χ0n) is 18.9. The number of methoxy groups -OCH3 is 1. The first-order valence-electron chi connectivity index (χ1n) is 10.7. The van der Waals surface area contributed by atoms with Crippen LogP contribution < -0.4 is 9.64 Å². The third kappa shape index (κ3) is 5.51. The van der Waals surface area contributed by atoms with Gasteiger partial charge in [0.05, 0.1) is 25.3 Å². The summed E-state index contributed by atoms with van der Waals surface area (Å²) in [6.45, 7) is -0.247. The van der Waals surface area contributed by atoms with E-state index in [1.165, 1.54) is 16.7 Å². The lowest BCUT2D eigenvalue weighted by Gasteiger charge is -2.40. The first-order chi connectivity index (χ1) is 17.0. The van der Waals surface area contributed by atoms with Gasteiger partial charge in [0, 0.05) is 30.8 Å². The number of benzene rings is 1. The Labute approximate surface area is 205 Å². The Morgan fingerprint density at radius 1 is 1.09 bits per heavy atom. The van der Waals surface area contributed by atoms with Crippen molar-refractivity contribution < 1.29 is 18.3 Å². The molecule has 0 radical (unpaired) electrons. The number of rotatable bonds is 9. The van der Waals surface area contributed by atoms with E-state index < -0.39 is 19.0 Å². The molecular formula is C25H21F2N5O2S. The molecule has 1 fully saturated rings. The van der Waals surface area contributed by atoms with Crippen molar-refractivity contribution in [1.82, 2.24) is 9.97 Å². The number of ether oxygens (including phenoxy) is 2. The highest BCUT2D eigenvalue weighted by Gasteiger charge is 2.46. The molecule has 10 heteroatoms. The molecule has 0 unspecified atom stereocenters. The van der Waals surface area contributed by atoms with Crippen LogP contribution in [0.15, 0.2) is 53.8 Å². The molecule has 1 aromatic carbocycles. The van der Waals surface area contributed by atoms with Gasteiger partial charge in [0.2, 0.25) is 0 Å². The maximum atomic E-state index is 13.7. The molecule has 0 aliphatic carbocycles. The van der Waals surface area contributed by atoms with E-state index in [1.54, 1.807) is 43.8 Å². The number of anilines is 1. The van der Waals surface area contributed by atoms with Gasteiger partial charge in [-0.05, 0) is 29.3 Å². The van der Waals surface area contributed by atoms with Crippen molar-refractivity contribution in [3.8, 4) is 29.0 Å². The van der Waals surface area contributed by atoms with Crippen molar-refractivity contribution >= 4 is 17.6 Å². The van der Waals surface area contributed by atoms with Crippen molar-refractivity contribution in [2.24, 2.45) is 0 Å². The minimum atomic E-state index is -2.84. The van der Waals surface area contributed by atoms with E-state index in [4.69, 9.17) is 9.47 Å². The summed E-state index contributed by atoms with van der Waals surface area (Å²) in [5.41, 5.74) is 2.20. The topological polar surface area (TPSA) is 95.1 Å². The van der Waals surface area contributed by atoms with Crippen molar-refractivity contribution in [2.45, 2.75) is 16.7 Å². The summed E-state index contributed by atoms with van der Waals surface area (Å²) in [7, 11) is 1.58. The van der Waals surface area contributed by atoms with Crippen LogP contribution in [0.4, 0.5) is 14.6 Å². The van der Waals surface area contributed by atoms with Gasteiger partial charge < -0.3 is 14.4 Å². The van der Waals surface area contributed by atoms with Crippen LogP contribution in [-0.2, 0) is 10.5 Å². The van der Waals surface area contributed by atoms with Crippen LogP contribution in [0.25, 0.3) is 11.1 Å². The zero-order valence-corrected chi connectivity index (χ0v) is 19.7. The maximum Gasteiger partial charge on any atom is 0.282 e. The molecule has 0 atom stereocenters. The molecule has 35 heavy (non-hydrogen) atoms. The highest BCUT2D eigenvalue weighted by molar-refractivity contribution is 7.98. The Bertz CT molecular complexity index is 1270. The third-order valence-corrected chi connectivity index (χ3v) is 6.36. The Morgan fingerprint density at radius 2 is 1.83 bits per heavy atom. The second-order valence-corrected chi connectivity index (χ2v) is 8.78. The van der Waals surface area contributed by atoms with Gasteiger partial charge >= 0.3 is 0 Å². The van der Waals surface area contributed by atoms with Crippen LogP contribution in [0.3, 0.4) is 0 Å². The van der Waals surface area contributed by atoms with Crippen LogP contribution in [0.5, 0.6) is 5.75 Å². The van der Waals surface area contributed by atoms with E-state index in [1.807, 2.05) is 12.1 Å². The quantitative estimate of drug-likeness (QED) is 0.314. The van der Waals surface area contributed by atoms with Gasteiger partial charge in [-0.25, -0.2) is 13.8 Å². The number of hydrogen-bond donors (Lipinski definition) is 0. The number of thioether (sulfide) groups is 1. The average molecular weight is 494 g/mol. The second-order valence-electron chi connectivity index (χ2n) is 7.82. The molecule has 178 valence electrons. The summed E-state index contributed by atoms with van der Waals surface area (Å²) in [6.07, 6.45) is 3.38. The molecule has 1 aliphatic heterocycles. The molecule has 0 spiro atoms. The van der Waals surface area contributed by atoms with Gasteiger partial charge in [-0.15, -0.1) is 11.8 Å². The van der Waals surface area contributed by atoms with E-state index >= 15 is 0 Å². The fourth-order valence-corrected chi connectivity index (χ4v) is 4.56. The minimum Gasteiger partial charge on any atom is -0.491 e. The smallest absolute Gasteiger partial charge is 0.282 e. The molecule has 0 amide bonds. The number of alkyl halides is 2. The lowest BCUT2D eigenvalue weighted by atomic mass is 9.95. The largest absolute Gasteiger partial charge is 0.491 e. The Kier molecular flexibility index (Phi) is 7.45. The highest BCUT2D eigenvalue weighted by atomic mass is 32.2. The lowest BCUT2D eigenvalue weighted by molar-refractivity contribution is -0.0267. The number of halogens is 2. The fraction of sp³-hybridized carbons (Fsp3) is 0.280. The van der Waals surface area contributed by atoms with E-state index in [-0.39, 0.29) is 16.9 Å². The SMILES string of the molecule is COCCOc1ccc(-c2c(C#N)c(SCc3cccnc3)nc(N3CC(F)(F)C3)c2C#N)cc1. The van der Waals surface area contributed by atoms with Crippen molar-refractivity contribution in [3.05, 3.63) is 65.5 Å². The van der Waals surface area contributed by atoms with E-state index in [0.717, 1.165) is 5.56 Å². The molecular weight excluding hydrogens is 472 g/mol. The predicted molar refractivity (Wildman–Crippen MR) is 127 cm³/mol. The molecule has 2 aromatic heterocycles. The van der Waals surface area contributed by atoms with Gasteiger partial charge in [0.25, 0.3) is 5.92 Å². The number of hydrogen-bond acceptors (Lipinski definition) is 8. The van der Waals surface area contributed by atoms with Crippen LogP contribution in [0, 0.1) is 22.7 Å². The van der Waals surface area contributed by atoms with Gasteiger partial charge in [-0.1, -0.05) is 18.2 Å². The number of nitrogens with zero attached hydrogens (tertiary/aromatic N) is 5.